The Bertz CT molecular complexity index is 1270. The highest BCUT2D eigenvalue weighted by atomic mass is 32.2. The Balaban J connectivity index is 0.000000341. The number of fused-ring (bicyclic) bond motifs is 2. The Morgan fingerprint density at radius 1 is 1.10 bits per heavy atom. The number of carbonyl (C=O) groups is 1. The monoisotopic (exact) mass is 595 g/mol. The van der Waals surface area contributed by atoms with E-state index >= 15 is 0 Å². The van der Waals surface area contributed by atoms with Crippen LogP contribution in [0.1, 0.15) is 103 Å². The van der Waals surface area contributed by atoms with E-state index in [9.17, 15) is 9.00 Å². The number of hydrogen-bond acceptors (Lipinski definition) is 7. The zero-order valence-electron chi connectivity index (χ0n) is 25.9. The van der Waals surface area contributed by atoms with Gasteiger partial charge in [0, 0.05) is 27.6 Å². The topological polar surface area (TPSA) is 107 Å². The highest BCUT2D eigenvalue weighted by Gasteiger charge is 2.57. The standard InChI is InChI=1S/C25H31N5O2S.C6H12O.C2H6/c1-3-30-10-8-24(9-11-30)13-18(14-24)33(32)17-4-5-20(16(2)12-17)27-23-26-15-19-21(29-23)28-22(31)25(19)6-7-25;7-6-4-2-1-3-5-6;1-2/h4-5,12,15,18H,3,6-11,13-14H2,1-2H3,(H2,26,27,28,29,31);6-7H,1-5H2;1-2H3. The zero-order chi connectivity index (χ0) is 29.9. The number of hydrogen-bond donors (Lipinski definition) is 3. The molecular weight excluding hydrogens is 546 g/mol. The van der Waals surface area contributed by atoms with Crippen LogP contribution in [0.25, 0.3) is 0 Å². The van der Waals surface area contributed by atoms with Gasteiger partial charge >= 0.3 is 0 Å². The molecule has 3 heterocycles. The molecule has 230 valence electrons. The number of nitrogens with zero attached hydrogens (tertiary/aromatic N) is 3. The lowest BCUT2D eigenvalue weighted by atomic mass is 9.63. The van der Waals surface area contributed by atoms with Crippen molar-refractivity contribution in [3.05, 3.63) is 35.5 Å². The van der Waals surface area contributed by atoms with Gasteiger partial charge in [-0.05, 0) is 107 Å². The number of piperidine rings is 1. The summed E-state index contributed by atoms with van der Waals surface area (Å²) >= 11 is 0. The van der Waals surface area contributed by atoms with Crippen LogP contribution in [0.5, 0.6) is 0 Å². The quantitative estimate of drug-likeness (QED) is 0.377. The second-order valence-electron chi connectivity index (χ2n) is 12.6. The third-order valence-corrected chi connectivity index (χ3v) is 11.6. The number of aryl methyl sites for hydroxylation is 1. The highest BCUT2D eigenvalue weighted by molar-refractivity contribution is 7.85. The predicted octanol–water partition coefficient (Wildman–Crippen LogP) is 6.22. The summed E-state index contributed by atoms with van der Waals surface area (Å²) in [6.45, 7) is 11.8. The SMILES string of the molecule is CC.CCN1CCC2(CC1)CC(S(=O)c1ccc(Nc3ncc4c(n3)NC(=O)C43CC3)c(C)c1)C2.OC1CCCCC1. The second-order valence-corrected chi connectivity index (χ2v) is 14.4. The zero-order valence-corrected chi connectivity index (χ0v) is 26.7. The lowest BCUT2D eigenvalue weighted by Crippen LogP contribution is -2.50. The molecule has 1 atom stereocenters. The highest BCUT2D eigenvalue weighted by Crippen LogP contribution is 2.54. The third-order valence-electron chi connectivity index (χ3n) is 9.96. The lowest BCUT2D eigenvalue weighted by Gasteiger charge is -2.51. The molecule has 2 aliphatic heterocycles. The van der Waals surface area contributed by atoms with Crippen LogP contribution in [0, 0.1) is 12.3 Å². The van der Waals surface area contributed by atoms with Crippen LogP contribution in [0.3, 0.4) is 0 Å². The molecule has 1 amide bonds. The smallest absolute Gasteiger partial charge is 0.236 e. The van der Waals surface area contributed by atoms with Crippen LogP contribution >= 0.6 is 0 Å². The summed E-state index contributed by atoms with van der Waals surface area (Å²) in [4.78, 5) is 24.6. The number of anilines is 3. The molecule has 1 aromatic carbocycles. The fourth-order valence-electron chi connectivity index (χ4n) is 6.96. The average molecular weight is 596 g/mol. The van der Waals surface area contributed by atoms with Gasteiger partial charge in [-0.3, -0.25) is 9.00 Å². The van der Waals surface area contributed by atoms with Gasteiger partial charge in [-0.25, -0.2) is 4.98 Å². The molecule has 5 aliphatic rings. The summed E-state index contributed by atoms with van der Waals surface area (Å²) in [5, 5.41) is 15.3. The molecular formula is C33H49N5O3S. The molecule has 42 heavy (non-hydrogen) atoms. The first kappa shape index (κ1) is 31.1. The number of aliphatic hydroxyl groups is 1. The van der Waals surface area contributed by atoms with Gasteiger partial charge in [0.15, 0.2) is 0 Å². The second kappa shape index (κ2) is 13.1. The molecule has 1 aromatic heterocycles. The number of aromatic nitrogens is 2. The van der Waals surface area contributed by atoms with Crippen LogP contribution in [0.4, 0.5) is 17.5 Å². The third kappa shape index (κ3) is 6.43. The lowest BCUT2D eigenvalue weighted by molar-refractivity contribution is -0.117. The Morgan fingerprint density at radius 3 is 2.36 bits per heavy atom. The first-order valence-corrected chi connectivity index (χ1v) is 17.4. The van der Waals surface area contributed by atoms with E-state index in [-0.39, 0.29) is 22.7 Å². The van der Waals surface area contributed by atoms with Crippen LogP contribution in [0.15, 0.2) is 29.3 Å². The maximum absolute atomic E-state index is 13.2. The number of rotatable bonds is 5. The number of carbonyl (C=O) groups excluding carboxylic acids is 1. The summed E-state index contributed by atoms with van der Waals surface area (Å²) in [6.07, 6.45) is 14.1. The Labute approximate surface area is 253 Å². The van der Waals surface area contributed by atoms with Crippen molar-refractivity contribution in [3.8, 4) is 0 Å². The Hall–Kier alpha value is -2.36. The molecule has 1 saturated heterocycles. The van der Waals surface area contributed by atoms with Crippen molar-refractivity contribution in [2.75, 3.05) is 30.3 Å². The summed E-state index contributed by atoms with van der Waals surface area (Å²) in [5.74, 6) is 1.12. The van der Waals surface area contributed by atoms with Crippen LogP contribution in [-0.2, 0) is 21.0 Å². The molecule has 1 unspecified atom stereocenters. The van der Waals surface area contributed by atoms with Crippen molar-refractivity contribution in [1.29, 1.82) is 0 Å². The maximum Gasteiger partial charge on any atom is 0.236 e. The van der Waals surface area contributed by atoms with E-state index in [1.807, 2.05) is 39.0 Å². The largest absolute Gasteiger partial charge is 0.393 e. The summed E-state index contributed by atoms with van der Waals surface area (Å²) in [5.41, 5.74) is 2.88. The van der Waals surface area contributed by atoms with E-state index in [4.69, 9.17) is 5.11 Å². The predicted molar refractivity (Wildman–Crippen MR) is 170 cm³/mol. The fraction of sp³-hybridized carbons (Fsp3) is 0.667. The summed E-state index contributed by atoms with van der Waals surface area (Å²) in [7, 11) is -0.970. The Morgan fingerprint density at radius 2 is 1.79 bits per heavy atom. The number of aliphatic hydroxyl groups excluding tert-OH is 1. The molecule has 9 heteroatoms. The van der Waals surface area contributed by atoms with Crippen molar-refractivity contribution in [3.63, 3.8) is 0 Å². The van der Waals surface area contributed by atoms with E-state index in [0.717, 1.165) is 66.8 Å². The fourth-order valence-corrected chi connectivity index (χ4v) is 8.85. The number of benzene rings is 1. The first-order chi connectivity index (χ1) is 20.3. The molecule has 3 saturated carbocycles. The van der Waals surface area contributed by atoms with E-state index in [2.05, 4.69) is 32.4 Å². The van der Waals surface area contributed by atoms with Crippen molar-refractivity contribution >= 4 is 34.2 Å². The average Bonchev–Trinajstić information content (AvgIpc) is 3.76. The molecule has 2 spiro atoms. The van der Waals surface area contributed by atoms with Gasteiger partial charge in [-0.2, -0.15) is 4.98 Å². The molecule has 3 N–H and O–H groups in total. The summed E-state index contributed by atoms with van der Waals surface area (Å²) in [6, 6.07) is 5.95. The van der Waals surface area contributed by atoms with Gasteiger partial charge in [0.25, 0.3) is 0 Å². The normalized spacial score (nSPS) is 23.0. The minimum absolute atomic E-state index is 0.0359. The van der Waals surface area contributed by atoms with E-state index in [1.54, 1.807) is 6.20 Å². The number of nitrogens with one attached hydrogen (secondary N) is 2. The molecule has 8 nitrogen and oxygen atoms in total. The number of likely N-dealkylation sites (tertiary alicyclic amines) is 1. The maximum atomic E-state index is 13.2. The van der Waals surface area contributed by atoms with Gasteiger partial charge in [0.05, 0.1) is 22.3 Å². The van der Waals surface area contributed by atoms with Gasteiger partial charge in [0.2, 0.25) is 11.9 Å². The van der Waals surface area contributed by atoms with Crippen molar-refractivity contribution in [2.45, 2.75) is 120 Å². The molecule has 0 radical (unpaired) electrons. The van der Waals surface area contributed by atoms with Crippen LogP contribution in [-0.4, -0.2) is 61.1 Å². The van der Waals surface area contributed by atoms with Gasteiger partial charge < -0.3 is 20.6 Å². The number of amides is 1. The molecule has 2 aromatic rings. The van der Waals surface area contributed by atoms with Gasteiger partial charge in [0.1, 0.15) is 5.82 Å². The van der Waals surface area contributed by atoms with Gasteiger partial charge in [-0.15, -0.1) is 0 Å². The molecule has 7 rings (SSSR count). The summed E-state index contributed by atoms with van der Waals surface area (Å²) < 4.78 is 13.2. The van der Waals surface area contributed by atoms with Gasteiger partial charge in [-0.1, -0.05) is 40.0 Å². The molecule has 4 fully saturated rings. The van der Waals surface area contributed by atoms with Crippen LogP contribution in [0.2, 0.25) is 0 Å². The van der Waals surface area contributed by atoms with E-state index in [0.29, 0.717) is 17.2 Å². The molecule has 0 bridgehead atoms. The minimum atomic E-state index is -0.970. The van der Waals surface area contributed by atoms with E-state index in [1.165, 1.54) is 45.2 Å². The van der Waals surface area contributed by atoms with Crippen molar-refractivity contribution in [1.82, 2.24) is 14.9 Å². The van der Waals surface area contributed by atoms with E-state index < -0.39 is 10.8 Å². The molecule has 3 aliphatic carbocycles. The first-order valence-electron chi connectivity index (χ1n) is 16.2. The van der Waals surface area contributed by atoms with Crippen LogP contribution < -0.4 is 10.6 Å². The van der Waals surface area contributed by atoms with Crippen molar-refractivity contribution < 1.29 is 14.1 Å². The Kier molecular flexibility index (Phi) is 9.69. The van der Waals surface area contributed by atoms with Crippen molar-refractivity contribution in [2.24, 2.45) is 5.41 Å². The minimum Gasteiger partial charge on any atom is -0.393 e.